The number of fused-ring (bicyclic) bond motifs is 1. The minimum atomic E-state index is 0.0951. The molecule has 0 N–H and O–H groups in total. The minimum Gasteiger partial charge on any atom is -0.485 e. The highest BCUT2D eigenvalue weighted by Crippen LogP contribution is 2.29. The molecule has 102 valence electrons. The highest BCUT2D eigenvalue weighted by atomic mass is 16.5. The number of aryl methyl sites for hydroxylation is 1. The van der Waals surface area contributed by atoms with Crippen LogP contribution in [-0.2, 0) is 0 Å². The summed E-state index contributed by atoms with van der Waals surface area (Å²) < 4.78 is 6.20. The van der Waals surface area contributed by atoms with Gasteiger partial charge in [-0.05, 0) is 49.3 Å². The Kier molecular flexibility index (Phi) is 3.60. The van der Waals surface area contributed by atoms with Crippen molar-refractivity contribution in [2.75, 3.05) is 0 Å². The number of hydrogen-bond donors (Lipinski definition) is 0. The van der Waals surface area contributed by atoms with Gasteiger partial charge in [0.25, 0.3) is 0 Å². The Bertz CT molecular complexity index is 679. The predicted octanol–water partition coefficient (Wildman–Crippen LogP) is 5.19. The zero-order valence-corrected chi connectivity index (χ0v) is 12.1. The quantitative estimate of drug-likeness (QED) is 0.741. The van der Waals surface area contributed by atoms with E-state index in [9.17, 15) is 0 Å². The molecular formula is C19H20O. The molecule has 0 spiro atoms. The summed E-state index contributed by atoms with van der Waals surface area (Å²) >= 11 is 0. The Labute approximate surface area is 120 Å². The van der Waals surface area contributed by atoms with Gasteiger partial charge in [-0.3, -0.25) is 0 Å². The maximum absolute atomic E-state index is 6.20. The third-order valence-electron chi connectivity index (χ3n) is 3.90. The smallest absolute Gasteiger partial charge is 0.128 e. The number of rotatable bonds is 3. The van der Waals surface area contributed by atoms with Crippen LogP contribution in [-0.4, -0.2) is 6.10 Å². The van der Waals surface area contributed by atoms with Crippen LogP contribution < -0.4 is 4.74 Å². The Morgan fingerprint density at radius 3 is 2.60 bits per heavy atom. The molecule has 0 radical (unpaired) electrons. The van der Waals surface area contributed by atoms with Crippen LogP contribution in [0.1, 0.15) is 25.3 Å². The molecule has 1 nitrogen and oxygen atoms in total. The second kappa shape index (κ2) is 5.54. The molecular weight excluding hydrogens is 244 g/mol. The lowest BCUT2D eigenvalue weighted by Gasteiger charge is -2.19. The first-order valence-corrected chi connectivity index (χ1v) is 7.27. The lowest BCUT2D eigenvalue weighted by atomic mass is 10.0. The summed E-state index contributed by atoms with van der Waals surface area (Å²) in [5.41, 5.74) is 2.57. The fourth-order valence-electron chi connectivity index (χ4n) is 2.73. The van der Waals surface area contributed by atoms with Crippen LogP contribution in [0, 0.1) is 6.92 Å². The Morgan fingerprint density at radius 1 is 1.00 bits per heavy atom. The molecule has 1 aliphatic carbocycles. The zero-order valence-electron chi connectivity index (χ0n) is 12.1. The van der Waals surface area contributed by atoms with E-state index >= 15 is 0 Å². The topological polar surface area (TPSA) is 9.23 Å². The molecule has 0 bridgehead atoms. The van der Waals surface area contributed by atoms with Gasteiger partial charge in [0.05, 0.1) is 0 Å². The highest BCUT2D eigenvalue weighted by Gasteiger charge is 2.11. The van der Waals surface area contributed by atoms with Crippen LogP contribution in [0.2, 0.25) is 0 Å². The summed E-state index contributed by atoms with van der Waals surface area (Å²) in [6.07, 6.45) is 9.05. The van der Waals surface area contributed by atoms with Crippen molar-refractivity contribution >= 4 is 10.8 Å². The second-order valence-electron chi connectivity index (χ2n) is 5.37. The van der Waals surface area contributed by atoms with Crippen molar-refractivity contribution in [1.82, 2.24) is 0 Å². The first kappa shape index (κ1) is 13.0. The van der Waals surface area contributed by atoms with E-state index in [4.69, 9.17) is 4.74 Å². The molecule has 3 rings (SSSR count). The second-order valence-corrected chi connectivity index (χ2v) is 5.37. The molecule has 1 aliphatic rings. The van der Waals surface area contributed by atoms with Crippen molar-refractivity contribution < 1.29 is 4.74 Å². The van der Waals surface area contributed by atoms with E-state index < -0.39 is 0 Å². The van der Waals surface area contributed by atoms with E-state index in [1.807, 2.05) is 0 Å². The van der Waals surface area contributed by atoms with Crippen LogP contribution >= 0.6 is 0 Å². The summed E-state index contributed by atoms with van der Waals surface area (Å²) in [7, 11) is 0. The monoisotopic (exact) mass is 264 g/mol. The largest absolute Gasteiger partial charge is 0.485 e. The molecule has 0 fully saturated rings. The first-order chi connectivity index (χ1) is 9.75. The van der Waals surface area contributed by atoms with Crippen LogP contribution in [0.25, 0.3) is 10.8 Å². The Morgan fingerprint density at radius 2 is 1.80 bits per heavy atom. The molecule has 0 saturated carbocycles. The summed E-state index contributed by atoms with van der Waals surface area (Å²) in [5, 5.41) is 2.46. The van der Waals surface area contributed by atoms with Crippen molar-refractivity contribution in [1.29, 1.82) is 0 Å². The fourth-order valence-corrected chi connectivity index (χ4v) is 2.73. The van der Waals surface area contributed by atoms with Crippen LogP contribution in [0.4, 0.5) is 0 Å². The maximum Gasteiger partial charge on any atom is 0.128 e. The van der Waals surface area contributed by atoms with E-state index in [2.05, 4.69) is 68.5 Å². The lowest BCUT2D eigenvalue weighted by molar-refractivity contribution is 0.263. The summed E-state index contributed by atoms with van der Waals surface area (Å²) in [6, 6.07) is 12.7. The number of allylic oxidation sites excluding steroid dienone is 2. The van der Waals surface area contributed by atoms with Gasteiger partial charge in [0, 0.05) is 5.39 Å². The van der Waals surface area contributed by atoms with Gasteiger partial charge in [0.2, 0.25) is 0 Å². The number of ether oxygens (including phenoxy) is 1. The molecule has 20 heavy (non-hydrogen) atoms. The Hall–Kier alpha value is -2.02. The molecule has 0 aromatic heterocycles. The predicted molar refractivity (Wildman–Crippen MR) is 85.2 cm³/mol. The zero-order chi connectivity index (χ0) is 13.9. The SMILES string of the molecule is Cc1cccc2c(OC(C)C3=CCCC=C3)cccc12. The molecule has 0 heterocycles. The van der Waals surface area contributed by atoms with Gasteiger partial charge in [-0.25, -0.2) is 0 Å². The van der Waals surface area contributed by atoms with Gasteiger partial charge in [-0.2, -0.15) is 0 Å². The van der Waals surface area contributed by atoms with Gasteiger partial charge < -0.3 is 4.74 Å². The van der Waals surface area contributed by atoms with Gasteiger partial charge in [-0.1, -0.05) is 48.6 Å². The van der Waals surface area contributed by atoms with Crippen molar-refractivity contribution in [3.63, 3.8) is 0 Å². The third-order valence-corrected chi connectivity index (χ3v) is 3.90. The van der Waals surface area contributed by atoms with Crippen molar-refractivity contribution in [2.24, 2.45) is 0 Å². The van der Waals surface area contributed by atoms with E-state index in [1.54, 1.807) is 0 Å². The first-order valence-electron chi connectivity index (χ1n) is 7.27. The summed E-state index contributed by atoms with van der Waals surface area (Å²) in [6.45, 7) is 4.26. The number of benzene rings is 2. The molecule has 1 heteroatoms. The van der Waals surface area contributed by atoms with Crippen LogP contribution in [0.5, 0.6) is 5.75 Å². The standard InChI is InChI=1S/C19H20O/c1-14-8-6-12-18-17(14)11-7-13-19(18)20-15(2)16-9-4-3-5-10-16/h4,6-13,15H,3,5H2,1-2H3. The van der Waals surface area contributed by atoms with Crippen molar-refractivity contribution in [2.45, 2.75) is 32.8 Å². The van der Waals surface area contributed by atoms with Gasteiger partial charge in [-0.15, -0.1) is 0 Å². The van der Waals surface area contributed by atoms with E-state index in [-0.39, 0.29) is 6.10 Å². The minimum absolute atomic E-state index is 0.0951. The van der Waals surface area contributed by atoms with Crippen LogP contribution in [0.3, 0.4) is 0 Å². The Balaban J connectivity index is 1.93. The normalized spacial score (nSPS) is 16.0. The van der Waals surface area contributed by atoms with E-state index in [0.29, 0.717) is 0 Å². The molecule has 1 unspecified atom stereocenters. The third kappa shape index (κ3) is 2.49. The van der Waals surface area contributed by atoms with Crippen molar-refractivity contribution in [3.8, 4) is 5.75 Å². The molecule has 0 amide bonds. The average molecular weight is 264 g/mol. The van der Waals surface area contributed by atoms with Gasteiger partial charge in [0.1, 0.15) is 11.9 Å². The molecule has 0 aliphatic heterocycles. The van der Waals surface area contributed by atoms with Crippen LogP contribution in [0.15, 0.2) is 60.2 Å². The summed E-state index contributed by atoms with van der Waals surface area (Å²) in [4.78, 5) is 0. The van der Waals surface area contributed by atoms with Gasteiger partial charge in [0.15, 0.2) is 0 Å². The fraction of sp³-hybridized carbons (Fsp3) is 0.263. The molecule has 2 aromatic rings. The molecule has 2 aromatic carbocycles. The van der Waals surface area contributed by atoms with Crippen molar-refractivity contribution in [3.05, 3.63) is 65.8 Å². The highest BCUT2D eigenvalue weighted by molar-refractivity contribution is 5.90. The molecule has 1 atom stereocenters. The van der Waals surface area contributed by atoms with E-state index in [1.165, 1.54) is 21.9 Å². The average Bonchev–Trinajstić information content (AvgIpc) is 2.49. The maximum atomic E-state index is 6.20. The summed E-state index contributed by atoms with van der Waals surface area (Å²) in [5.74, 6) is 0.971. The number of hydrogen-bond acceptors (Lipinski definition) is 1. The van der Waals surface area contributed by atoms with E-state index in [0.717, 1.165) is 18.6 Å². The lowest BCUT2D eigenvalue weighted by Crippen LogP contribution is -2.15. The van der Waals surface area contributed by atoms with Gasteiger partial charge >= 0.3 is 0 Å². The molecule has 0 saturated heterocycles.